The molecule has 0 spiro atoms. The van der Waals surface area contributed by atoms with Crippen LogP contribution in [-0.2, 0) is 4.79 Å². The molecule has 0 radical (unpaired) electrons. The number of hydrogen-bond donors (Lipinski definition) is 0. The summed E-state index contributed by atoms with van der Waals surface area (Å²) < 4.78 is 0. The number of anilines is 1. The third-order valence-corrected chi connectivity index (χ3v) is 2.79. The van der Waals surface area contributed by atoms with Gasteiger partial charge in [-0.25, -0.2) is 0 Å². The molecule has 0 atom stereocenters. The van der Waals surface area contributed by atoms with E-state index >= 15 is 0 Å². The van der Waals surface area contributed by atoms with Crippen LogP contribution in [0.4, 0.5) is 5.69 Å². The van der Waals surface area contributed by atoms with Crippen molar-refractivity contribution in [2.45, 2.75) is 47.0 Å². The fraction of sp³-hybridized carbons (Fsp3) is 0.562. The van der Waals surface area contributed by atoms with E-state index < -0.39 is 0 Å². The zero-order valence-corrected chi connectivity index (χ0v) is 12.1. The van der Waals surface area contributed by atoms with E-state index in [1.54, 1.807) is 0 Å². The topological polar surface area (TPSA) is 20.3 Å². The Balaban J connectivity index is 2.82. The standard InChI is InChI=1S/C16H25NO/c1-5-6-12-17(14-10-8-7-9-11-14)15(18)13-16(2,3)4/h7-11H,5-6,12-13H2,1-4H3. The minimum atomic E-state index is 0.0380. The van der Waals surface area contributed by atoms with Crippen LogP contribution in [0.15, 0.2) is 30.3 Å². The summed E-state index contributed by atoms with van der Waals surface area (Å²) >= 11 is 0. The SMILES string of the molecule is CCCCN(C(=O)CC(C)(C)C)c1ccccc1. The van der Waals surface area contributed by atoms with E-state index in [1.165, 1.54) is 0 Å². The maximum Gasteiger partial charge on any atom is 0.227 e. The predicted octanol–water partition coefficient (Wildman–Crippen LogP) is 4.26. The summed E-state index contributed by atoms with van der Waals surface area (Å²) in [4.78, 5) is 14.3. The molecule has 1 amide bonds. The van der Waals surface area contributed by atoms with Gasteiger partial charge in [0.25, 0.3) is 0 Å². The Morgan fingerprint density at radius 1 is 1.17 bits per heavy atom. The van der Waals surface area contributed by atoms with Crippen LogP contribution in [0.2, 0.25) is 0 Å². The highest BCUT2D eigenvalue weighted by Gasteiger charge is 2.21. The minimum absolute atomic E-state index is 0.0380. The Morgan fingerprint density at radius 2 is 1.78 bits per heavy atom. The molecule has 100 valence electrons. The summed E-state index contributed by atoms with van der Waals surface area (Å²) in [6.45, 7) is 9.28. The van der Waals surface area contributed by atoms with Crippen LogP contribution in [0, 0.1) is 5.41 Å². The Labute approximate surface area is 111 Å². The Bertz CT molecular complexity index is 364. The van der Waals surface area contributed by atoms with Gasteiger partial charge in [0.1, 0.15) is 0 Å². The van der Waals surface area contributed by atoms with E-state index in [-0.39, 0.29) is 11.3 Å². The van der Waals surface area contributed by atoms with E-state index in [9.17, 15) is 4.79 Å². The van der Waals surface area contributed by atoms with Crippen molar-refractivity contribution >= 4 is 11.6 Å². The summed E-state index contributed by atoms with van der Waals surface area (Å²) in [7, 11) is 0. The molecule has 1 rings (SSSR count). The molecule has 0 saturated heterocycles. The number of benzene rings is 1. The molecule has 2 nitrogen and oxygen atoms in total. The number of unbranched alkanes of at least 4 members (excludes halogenated alkanes) is 1. The van der Waals surface area contributed by atoms with Crippen molar-refractivity contribution < 1.29 is 4.79 Å². The second-order valence-corrected chi connectivity index (χ2v) is 5.97. The van der Waals surface area contributed by atoms with Crippen LogP contribution in [0.1, 0.15) is 47.0 Å². The van der Waals surface area contributed by atoms with Gasteiger partial charge >= 0.3 is 0 Å². The van der Waals surface area contributed by atoms with Crippen molar-refractivity contribution in [1.82, 2.24) is 0 Å². The number of hydrogen-bond acceptors (Lipinski definition) is 1. The monoisotopic (exact) mass is 247 g/mol. The highest BCUT2D eigenvalue weighted by atomic mass is 16.2. The number of carbonyl (C=O) groups excluding carboxylic acids is 1. The third-order valence-electron chi connectivity index (χ3n) is 2.79. The first kappa shape index (κ1) is 14.7. The molecule has 0 fully saturated rings. The maximum absolute atomic E-state index is 12.4. The average molecular weight is 247 g/mol. The first-order chi connectivity index (χ1) is 8.44. The van der Waals surface area contributed by atoms with E-state index in [0.29, 0.717) is 6.42 Å². The van der Waals surface area contributed by atoms with Gasteiger partial charge in [-0.05, 0) is 24.0 Å². The van der Waals surface area contributed by atoms with Crippen LogP contribution in [0.25, 0.3) is 0 Å². The van der Waals surface area contributed by atoms with Gasteiger partial charge in [0, 0.05) is 18.7 Å². The van der Waals surface area contributed by atoms with Crippen molar-refractivity contribution in [3.8, 4) is 0 Å². The van der Waals surface area contributed by atoms with Crippen molar-refractivity contribution in [3.05, 3.63) is 30.3 Å². The van der Waals surface area contributed by atoms with E-state index in [2.05, 4.69) is 27.7 Å². The normalized spacial score (nSPS) is 11.3. The summed E-state index contributed by atoms with van der Waals surface area (Å²) in [6.07, 6.45) is 2.74. The molecule has 1 aromatic carbocycles. The van der Waals surface area contributed by atoms with Gasteiger partial charge in [0.05, 0.1) is 0 Å². The van der Waals surface area contributed by atoms with Gasteiger partial charge in [-0.3, -0.25) is 4.79 Å². The molecule has 0 heterocycles. The fourth-order valence-corrected chi connectivity index (χ4v) is 1.87. The van der Waals surface area contributed by atoms with Crippen LogP contribution in [-0.4, -0.2) is 12.5 Å². The largest absolute Gasteiger partial charge is 0.312 e. The lowest BCUT2D eigenvalue weighted by Gasteiger charge is -2.26. The van der Waals surface area contributed by atoms with Gasteiger partial charge < -0.3 is 4.90 Å². The zero-order valence-electron chi connectivity index (χ0n) is 12.1. The van der Waals surface area contributed by atoms with Crippen molar-refractivity contribution in [1.29, 1.82) is 0 Å². The molecule has 0 unspecified atom stereocenters. The Morgan fingerprint density at radius 3 is 2.28 bits per heavy atom. The number of nitrogens with zero attached hydrogens (tertiary/aromatic N) is 1. The van der Waals surface area contributed by atoms with Gasteiger partial charge in [-0.15, -0.1) is 0 Å². The van der Waals surface area contributed by atoms with Crippen molar-refractivity contribution in [3.63, 3.8) is 0 Å². The highest BCUT2D eigenvalue weighted by Crippen LogP contribution is 2.23. The molecule has 0 aliphatic rings. The number of rotatable bonds is 5. The highest BCUT2D eigenvalue weighted by molar-refractivity contribution is 5.93. The minimum Gasteiger partial charge on any atom is -0.312 e. The fourth-order valence-electron chi connectivity index (χ4n) is 1.87. The number of para-hydroxylation sites is 1. The van der Waals surface area contributed by atoms with Crippen molar-refractivity contribution in [2.24, 2.45) is 5.41 Å². The molecular weight excluding hydrogens is 222 g/mol. The summed E-state index contributed by atoms with van der Waals surface area (Å²) in [5, 5.41) is 0. The van der Waals surface area contributed by atoms with Gasteiger partial charge in [-0.2, -0.15) is 0 Å². The van der Waals surface area contributed by atoms with Gasteiger partial charge in [-0.1, -0.05) is 52.3 Å². The first-order valence-electron chi connectivity index (χ1n) is 6.79. The zero-order chi connectivity index (χ0) is 13.6. The third kappa shape index (κ3) is 4.91. The van der Waals surface area contributed by atoms with E-state index in [1.807, 2.05) is 35.2 Å². The maximum atomic E-state index is 12.4. The lowest BCUT2D eigenvalue weighted by molar-refractivity contribution is -0.120. The lowest BCUT2D eigenvalue weighted by atomic mass is 9.91. The van der Waals surface area contributed by atoms with Gasteiger partial charge in [0.15, 0.2) is 0 Å². The van der Waals surface area contributed by atoms with Gasteiger partial charge in [0.2, 0.25) is 5.91 Å². The molecule has 0 bridgehead atoms. The molecule has 0 aromatic heterocycles. The summed E-state index contributed by atoms with van der Waals surface area (Å²) in [5.74, 6) is 0.224. The smallest absolute Gasteiger partial charge is 0.227 e. The lowest BCUT2D eigenvalue weighted by Crippen LogP contribution is -2.34. The van der Waals surface area contributed by atoms with Crippen LogP contribution in [0.3, 0.4) is 0 Å². The Kier molecular flexibility index (Phi) is 5.39. The second kappa shape index (κ2) is 6.58. The molecule has 0 aliphatic heterocycles. The summed E-state index contributed by atoms with van der Waals surface area (Å²) in [6, 6.07) is 9.97. The molecule has 0 aliphatic carbocycles. The van der Waals surface area contributed by atoms with Crippen LogP contribution < -0.4 is 4.90 Å². The molecule has 2 heteroatoms. The molecule has 18 heavy (non-hydrogen) atoms. The quantitative estimate of drug-likeness (QED) is 0.761. The Hall–Kier alpha value is -1.31. The first-order valence-corrected chi connectivity index (χ1v) is 6.79. The molecule has 0 N–H and O–H groups in total. The molecule has 0 saturated carbocycles. The second-order valence-electron chi connectivity index (χ2n) is 5.97. The summed E-state index contributed by atoms with van der Waals surface area (Å²) in [5.41, 5.74) is 1.05. The predicted molar refractivity (Wildman–Crippen MR) is 77.8 cm³/mol. The van der Waals surface area contributed by atoms with E-state index in [0.717, 1.165) is 25.1 Å². The van der Waals surface area contributed by atoms with E-state index in [4.69, 9.17) is 0 Å². The molecule has 1 aromatic rings. The number of amides is 1. The number of carbonyl (C=O) groups is 1. The van der Waals surface area contributed by atoms with Crippen LogP contribution in [0.5, 0.6) is 0 Å². The van der Waals surface area contributed by atoms with Crippen LogP contribution >= 0.6 is 0 Å². The molecular formula is C16H25NO. The van der Waals surface area contributed by atoms with Crippen molar-refractivity contribution in [2.75, 3.05) is 11.4 Å². The average Bonchev–Trinajstić information content (AvgIpc) is 2.28.